The lowest BCUT2D eigenvalue weighted by Crippen LogP contribution is -2.46. The summed E-state index contributed by atoms with van der Waals surface area (Å²) < 4.78 is 0. The Balaban J connectivity index is 2.29. The highest BCUT2D eigenvalue weighted by Crippen LogP contribution is 2.39. The van der Waals surface area contributed by atoms with E-state index in [9.17, 15) is 5.11 Å². The molecule has 3 N–H and O–H groups in total. The summed E-state index contributed by atoms with van der Waals surface area (Å²) in [5.41, 5.74) is -0.166. The van der Waals surface area contributed by atoms with Crippen molar-refractivity contribution in [3.63, 3.8) is 0 Å². The third kappa shape index (κ3) is 4.49. The van der Waals surface area contributed by atoms with Gasteiger partial charge in [0.25, 0.3) is 0 Å². The van der Waals surface area contributed by atoms with Gasteiger partial charge in [0.05, 0.1) is 11.7 Å². The average molecular weight is 215 g/mol. The van der Waals surface area contributed by atoms with Gasteiger partial charge in [0, 0.05) is 13.1 Å². The van der Waals surface area contributed by atoms with E-state index < -0.39 is 5.60 Å². The first-order chi connectivity index (χ1) is 6.83. The summed E-state index contributed by atoms with van der Waals surface area (Å²) in [5, 5.41) is 22.5. The lowest BCUT2D eigenvalue weighted by Gasteiger charge is -2.40. The van der Waals surface area contributed by atoms with Crippen LogP contribution in [-0.4, -0.2) is 35.0 Å². The molecule has 1 rings (SSSR count). The van der Waals surface area contributed by atoms with Crippen LogP contribution in [0.1, 0.15) is 46.5 Å². The lowest BCUT2D eigenvalue weighted by atomic mass is 9.71. The fraction of sp³-hybridized carbons (Fsp3) is 1.00. The highest BCUT2D eigenvalue weighted by Gasteiger charge is 2.36. The van der Waals surface area contributed by atoms with Gasteiger partial charge in [-0.25, -0.2) is 0 Å². The molecule has 3 nitrogen and oxygen atoms in total. The van der Waals surface area contributed by atoms with Crippen molar-refractivity contribution in [3.05, 3.63) is 0 Å². The van der Waals surface area contributed by atoms with Gasteiger partial charge in [-0.05, 0) is 38.0 Å². The van der Waals surface area contributed by atoms with Gasteiger partial charge in [-0.1, -0.05) is 13.8 Å². The SMILES string of the molecule is C[C@@H](O)CNCC1(O)CCC(C)(C)CC1. The van der Waals surface area contributed by atoms with E-state index in [1.807, 2.05) is 0 Å². The van der Waals surface area contributed by atoms with Gasteiger partial charge in [-0.3, -0.25) is 0 Å². The van der Waals surface area contributed by atoms with E-state index in [2.05, 4.69) is 19.2 Å². The predicted octanol–water partition coefficient (Wildman–Crippen LogP) is 1.29. The number of hydrogen-bond acceptors (Lipinski definition) is 3. The first kappa shape index (κ1) is 12.9. The van der Waals surface area contributed by atoms with E-state index in [1.165, 1.54) is 0 Å². The maximum absolute atomic E-state index is 10.3. The van der Waals surface area contributed by atoms with Gasteiger partial charge < -0.3 is 15.5 Å². The van der Waals surface area contributed by atoms with Crippen LogP contribution in [-0.2, 0) is 0 Å². The molecule has 0 spiro atoms. The first-order valence-electron chi connectivity index (χ1n) is 5.94. The van der Waals surface area contributed by atoms with Gasteiger partial charge in [0.15, 0.2) is 0 Å². The van der Waals surface area contributed by atoms with Crippen LogP contribution in [0.2, 0.25) is 0 Å². The van der Waals surface area contributed by atoms with Crippen LogP contribution < -0.4 is 5.32 Å². The molecule has 0 aromatic rings. The molecule has 1 aliphatic rings. The predicted molar refractivity (Wildman–Crippen MR) is 61.7 cm³/mol. The number of rotatable bonds is 4. The van der Waals surface area contributed by atoms with E-state index in [1.54, 1.807) is 6.92 Å². The van der Waals surface area contributed by atoms with Crippen LogP contribution in [0.15, 0.2) is 0 Å². The summed E-state index contributed by atoms with van der Waals surface area (Å²) in [5.74, 6) is 0. The van der Waals surface area contributed by atoms with Crippen molar-refractivity contribution < 1.29 is 10.2 Å². The van der Waals surface area contributed by atoms with Crippen LogP contribution in [0.5, 0.6) is 0 Å². The van der Waals surface area contributed by atoms with Crippen LogP contribution in [0.4, 0.5) is 0 Å². The highest BCUT2D eigenvalue weighted by atomic mass is 16.3. The summed E-state index contributed by atoms with van der Waals surface area (Å²) in [6.45, 7) is 7.44. The Hall–Kier alpha value is -0.120. The molecule has 0 saturated heterocycles. The molecule has 0 aliphatic heterocycles. The Morgan fingerprint density at radius 2 is 1.73 bits per heavy atom. The third-order valence-electron chi connectivity index (χ3n) is 3.43. The summed E-state index contributed by atoms with van der Waals surface area (Å²) in [4.78, 5) is 0. The van der Waals surface area contributed by atoms with Crippen molar-refractivity contribution in [1.29, 1.82) is 0 Å². The Morgan fingerprint density at radius 3 is 2.20 bits per heavy atom. The molecule has 15 heavy (non-hydrogen) atoms. The van der Waals surface area contributed by atoms with Crippen LogP contribution in [0.25, 0.3) is 0 Å². The molecule has 3 heteroatoms. The molecule has 0 unspecified atom stereocenters. The summed E-state index contributed by atoms with van der Waals surface area (Å²) in [6, 6.07) is 0. The Labute approximate surface area is 92.9 Å². The number of hydrogen-bond donors (Lipinski definition) is 3. The smallest absolute Gasteiger partial charge is 0.0772 e. The maximum atomic E-state index is 10.3. The Bertz CT molecular complexity index is 192. The molecule has 1 fully saturated rings. The molecule has 0 heterocycles. The van der Waals surface area contributed by atoms with Crippen LogP contribution in [0, 0.1) is 5.41 Å². The van der Waals surface area contributed by atoms with Gasteiger partial charge in [0.2, 0.25) is 0 Å². The summed E-state index contributed by atoms with van der Waals surface area (Å²) >= 11 is 0. The number of nitrogens with one attached hydrogen (secondary N) is 1. The minimum atomic E-state index is -0.551. The second kappa shape index (κ2) is 4.81. The van der Waals surface area contributed by atoms with Crippen molar-refractivity contribution >= 4 is 0 Å². The molecule has 0 radical (unpaired) electrons. The molecule has 90 valence electrons. The topological polar surface area (TPSA) is 52.5 Å². The number of aliphatic hydroxyl groups is 2. The zero-order valence-corrected chi connectivity index (χ0v) is 10.2. The van der Waals surface area contributed by atoms with Crippen molar-refractivity contribution in [3.8, 4) is 0 Å². The zero-order chi connectivity index (χ0) is 11.5. The van der Waals surface area contributed by atoms with Crippen molar-refractivity contribution in [2.45, 2.75) is 58.2 Å². The molecule has 0 aromatic carbocycles. The van der Waals surface area contributed by atoms with E-state index in [0.29, 0.717) is 18.5 Å². The molecule has 1 saturated carbocycles. The van der Waals surface area contributed by atoms with E-state index in [4.69, 9.17) is 5.11 Å². The second-order valence-corrected chi connectivity index (χ2v) is 5.87. The van der Waals surface area contributed by atoms with Crippen molar-refractivity contribution in [2.24, 2.45) is 5.41 Å². The molecule has 1 atom stereocenters. The summed E-state index contributed by atoms with van der Waals surface area (Å²) in [6.07, 6.45) is 3.56. The Morgan fingerprint density at radius 1 is 1.20 bits per heavy atom. The van der Waals surface area contributed by atoms with Crippen LogP contribution >= 0.6 is 0 Å². The minimum Gasteiger partial charge on any atom is -0.392 e. The molecular weight excluding hydrogens is 190 g/mol. The van der Waals surface area contributed by atoms with Gasteiger partial charge in [-0.2, -0.15) is 0 Å². The zero-order valence-electron chi connectivity index (χ0n) is 10.2. The van der Waals surface area contributed by atoms with Gasteiger partial charge >= 0.3 is 0 Å². The van der Waals surface area contributed by atoms with Crippen molar-refractivity contribution in [2.75, 3.05) is 13.1 Å². The van der Waals surface area contributed by atoms with Gasteiger partial charge in [0.1, 0.15) is 0 Å². The standard InChI is InChI=1S/C12H25NO2/c1-10(14)8-13-9-12(15)6-4-11(2,3)5-7-12/h10,13-15H,4-9H2,1-3H3/t10-/m1/s1. The molecule has 0 aromatic heterocycles. The van der Waals surface area contributed by atoms with Crippen LogP contribution in [0.3, 0.4) is 0 Å². The van der Waals surface area contributed by atoms with Gasteiger partial charge in [-0.15, -0.1) is 0 Å². The fourth-order valence-corrected chi connectivity index (χ4v) is 2.08. The van der Waals surface area contributed by atoms with Crippen molar-refractivity contribution in [1.82, 2.24) is 5.32 Å². The van der Waals surface area contributed by atoms with E-state index in [-0.39, 0.29) is 6.10 Å². The Kier molecular flexibility index (Phi) is 4.15. The first-order valence-corrected chi connectivity index (χ1v) is 5.94. The molecule has 0 bridgehead atoms. The van der Waals surface area contributed by atoms with E-state index in [0.717, 1.165) is 25.7 Å². The largest absolute Gasteiger partial charge is 0.392 e. The quantitative estimate of drug-likeness (QED) is 0.662. The number of aliphatic hydroxyl groups excluding tert-OH is 1. The molecule has 1 aliphatic carbocycles. The normalized spacial score (nSPS) is 26.2. The monoisotopic (exact) mass is 215 g/mol. The second-order valence-electron chi connectivity index (χ2n) is 5.87. The summed E-state index contributed by atoms with van der Waals surface area (Å²) in [7, 11) is 0. The average Bonchev–Trinajstić information content (AvgIpc) is 2.11. The fourth-order valence-electron chi connectivity index (χ4n) is 2.08. The minimum absolute atomic E-state index is 0.339. The molecular formula is C12H25NO2. The van der Waals surface area contributed by atoms with E-state index >= 15 is 0 Å². The maximum Gasteiger partial charge on any atom is 0.0772 e. The molecule has 0 amide bonds. The highest BCUT2D eigenvalue weighted by molar-refractivity contribution is 4.90. The lowest BCUT2D eigenvalue weighted by molar-refractivity contribution is -0.0255. The third-order valence-corrected chi connectivity index (χ3v) is 3.43.